The Morgan fingerprint density at radius 2 is 2.31 bits per heavy atom. The summed E-state index contributed by atoms with van der Waals surface area (Å²) in [6, 6.07) is 5.23. The van der Waals surface area contributed by atoms with Gasteiger partial charge in [0.25, 0.3) is 0 Å². The molecule has 0 bridgehead atoms. The number of anilines is 1. The number of ether oxygens (including phenoxy) is 1. The van der Waals surface area contributed by atoms with Crippen molar-refractivity contribution in [2.75, 3.05) is 12.4 Å². The summed E-state index contributed by atoms with van der Waals surface area (Å²) in [4.78, 5) is 11.5. The zero-order valence-corrected chi connectivity index (χ0v) is 11.0. The average molecular weight is 303 g/mol. The lowest BCUT2D eigenvalue weighted by Gasteiger charge is -2.07. The minimum atomic E-state index is -0.232. The van der Waals surface area contributed by atoms with Crippen molar-refractivity contribution >= 4 is 44.7 Å². The second-order valence-electron chi connectivity index (χ2n) is 3.04. The molecule has 0 aliphatic rings. The van der Waals surface area contributed by atoms with Gasteiger partial charge in [-0.2, -0.15) is 0 Å². The third-order valence-corrected chi connectivity index (χ3v) is 2.53. The summed E-state index contributed by atoms with van der Waals surface area (Å²) in [5, 5.41) is 2.67. The van der Waals surface area contributed by atoms with E-state index in [-0.39, 0.29) is 17.3 Å². The van der Waals surface area contributed by atoms with Crippen molar-refractivity contribution < 1.29 is 9.53 Å². The molecule has 1 amide bonds. The van der Waals surface area contributed by atoms with E-state index in [9.17, 15) is 4.79 Å². The van der Waals surface area contributed by atoms with Gasteiger partial charge in [-0.15, -0.1) is 0 Å². The summed E-state index contributed by atoms with van der Waals surface area (Å²) >= 11 is 7.96. The van der Waals surface area contributed by atoms with Gasteiger partial charge in [0.2, 0.25) is 5.91 Å². The van der Waals surface area contributed by atoms with E-state index in [1.807, 2.05) is 0 Å². The van der Waals surface area contributed by atoms with Crippen LogP contribution in [0, 0.1) is 0 Å². The summed E-state index contributed by atoms with van der Waals surface area (Å²) in [5.41, 5.74) is 5.92. The zero-order valence-electron chi connectivity index (χ0n) is 8.62. The number of rotatable bonds is 4. The molecule has 4 nitrogen and oxygen atoms in total. The van der Waals surface area contributed by atoms with Gasteiger partial charge in [-0.25, -0.2) is 0 Å². The highest BCUT2D eigenvalue weighted by Crippen LogP contribution is 2.27. The molecule has 0 saturated carbocycles. The molecule has 0 fully saturated rings. The Hall–Kier alpha value is -1.14. The van der Waals surface area contributed by atoms with E-state index in [0.717, 1.165) is 4.47 Å². The number of thiocarbonyl (C=S) groups is 1. The summed E-state index contributed by atoms with van der Waals surface area (Å²) in [6.45, 7) is 0. The normalized spacial score (nSPS) is 9.62. The van der Waals surface area contributed by atoms with Gasteiger partial charge < -0.3 is 15.8 Å². The summed E-state index contributed by atoms with van der Waals surface area (Å²) < 4.78 is 5.84. The van der Waals surface area contributed by atoms with E-state index in [4.69, 9.17) is 10.5 Å². The van der Waals surface area contributed by atoms with Crippen molar-refractivity contribution in [2.24, 2.45) is 5.73 Å². The first-order valence-corrected chi connectivity index (χ1v) is 5.64. The first-order valence-electron chi connectivity index (χ1n) is 4.44. The number of benzene rings is 1. The van der Waals surface area contributed by atoms with Gasteiger partial charge >= 0.3 is 0 Å². The number of methoxy groups -OCH3 is 1. The van der Waals surface area contributed by atoms with E-state index in [1.54, 1.807) is 25.3 Å². The van der Waals surface area contributed by atoms with Gasteiger partial charge in [0, 0.05) is 5.69 Å². The van der Waals surface area contributed by atoms with Crippen LogP contribution in [0.25, 0.3) is 0 Å². The molecule has 1 aromatic carbocycles. The van der Waals surface area contributed by atoms with E-state index >= 15 is 0 Å². The molecule has 1 rings (SSSR count). The lowest BCUT2D eigenvalue weighted by Crippen LogP contribution is -2.20. The molecule has 0 aromatic heterocycles. The van der Waals surface area contributed by atoms with Crippen LogP contribution in [0.4, 0.5) is 5.69 Å². The van der Waals surface area contributed by atoms with Crippen molar-refractivity contribution in [3.05, 3.63) is 22.7 Å². The fourth-order valence-corrected chi connectivity index (χ4v) is 1.78. The third kappa shape index (κ3) is 3.79. The van der Waals surface area contributed by atoms with Crippen molar-refractivity contribution in [1.82, 2.24) is 0 Å². The molecule has 1 aromatic rings. The smallest absolute Gasteiger partial charge is 0.231 e. The monoisotopic (exact) mass is 302 g/mol. The predicted molar refractivity (Wildman–Crippen MR) is 70.7 cm³/mol. The quantitative estimate of drug-likeness (QED) is 0.836. The van der Waals surface area contributed by atoms with Crippen LogP contribution >= 0.6 is 28.1 Å². The third-order valence-electron chi connectivity index (χ3n) is 1.77. The molecular weight excluding hydrogens is 292 g/mol. The van der Waals surface area contributed by atoms with Gasteiger partial charge in [-0.1, -0.05) is 12.2 Å². The van der Waals surface area contributed by atoms with E-state index in [1.165, 1.54) is 0 Å². The SMILES string of the molecule is COc1ccc(NC(=O)CC(N)=S)cc1Br. The Morgan fingerprint density at radius 1 is 1.62 bits per heavy atom. The van der Waals surface area contributed by atoms with Crippen molar-refractivity contribution in [3.8, 4) is 5.75 Å². The van der Waals surface area contributed by atoms with E-state index < -0.39 is 0 Å². The molecule has 0 unspecified atom stereocenters. The minimum absolute atomic E-state index is 0.0407. The van der Waals surface area contributed by atoms with Crippen LogP contribution < -0.4 is 15.8 Å². The van der Waals surface area contributed by atoms with Gasteiger partial charge in [-0.05, 0) is 34.1 Å². The van der Waals surface area contributed by atoms with Crippen LogP contribution in [-0.2, 0) is 4.79 Å². The van der Waals surface area contributed by atoms with Crippen molar-refractivity contribution in [2.45, 2.75) is 6.42 Å². The molecule has 16 heavy (non-hydrogen) atoms. The van der Waals surface area contributed by atoms with Crippen molar-refractivity contribution in [3.63, 3.8) is 0 Å². The second-order valence-corrected chi connectivity index (χ2v) is 4.42. The van der Waals surface area contributed by atoms with Crippen LogP contribution in [-0.4, -0.2) is 18.0 Å². The Kier molecular flexibility index (Phi) is 4.70. The van der Waals surface area contributed by atoms with Gasteiger partial charge in [0.15, 0.2) is 0 Å². The molecule has 6 heteroatoms. The van der Waals surface area contributed by atoms with Crippen LogP contribution in [0.3, 0.4) is 0 Å². The highest BCUT2D eigenvalue weighted by molar-refractivity contribution is 9.10. The predicted octanol–water partition coefficient (Wildman–Crippen LogP) is 2.07. The number of halogens is 1. The Labute approximate surface area is 107 Å². The molecule has 0 aliphatic carbocycles. The number of hydrogen-bond donors (Lipinski definition) is 2. The Bertz CT molecular complexity index is 423. The average Bonchev–Trinajstić information content (AvgIpc) is 2.16. The molecule has 3 N–H and O–H groups in total. The lowest BCUT2D eigenvalue weighted by molar-refractivity contribution is -0.115. The number of hydrogen-bond acceptors (Lipinski definition) is 3. The number of amides is 1. The van der Waals surface area contributed by atoms with Crippen LogP contribution in [0.5, 0.6) is 5.75 Å². The number of carbonyl (C=O) groups excluding carboxylic acids is 1. The largest absolute Gasteiger partial charge is 0.496 e. The summed E-state index contributed by atoms with van der Waals surface area (Å²) in [6.07, 6.45) is 0.0407. The Balaban J connectivity index is 2.71. The zero-order chi connectivity index (χ0) is 12.1. The van der Waals surface area contributed by atoms with Gasteiger partial charge in [0.05, 0.1) is 23.0 Å². The van der Waals surface area contributed by atoms with Gasteiger partial charge in [-0.3, -0.25) is 4.79 Å². The molecule has 0 aliphatic heterocycles. The molecule has 0 atom stereocenters. The molecule has 0 heterocycles. The van der Waals surface area contributed by atoms with Crippen LogP contribution in [0.2, 0.25) is 0 Å². The maximum absolute atomic E-state index is 11.4. The maximum atomic E-state index is 11.4. The Morgan fingerprint density at radius 3 is 2.81 bits per heavy atom. The summed E-state index contributed by atoms with van der Waals surface area (Å²) in [7, 11) is 1.57. The molecule has 0 spiro atoms. The van der Waals surface area contributed by atoms with Crippen LogP contribution in [0.15, 0.2) is 22.7 Å². The molecule has 86 valence electrons. The fraction of sp³-hybridized carbons (Fsp3) is 0.200. The number of nitrogens with one attached hydrogen (secondary N) is 1. The van der Waals surface area contributed by atoms with Crippen LogP contribution in [0.1, 0.15) is 6.42 Å². The lowest BCUT2D eigenvalue weighted by atomic mass is 10.3. The molecule has 0 saturated heterocycles. The topological polar surface area (TPSA) is 64.3 Å². The highest BCUT2D eigenvalue weighted by Gasteiger charge is 2.06. The number of nitrogens with two attached hydrogens (primary N) is 1. The van der Waals surface area contributed by atoms with Gasteiger partial charge in [0.1, 0.15) is 5.75 Å². The van der Waals surface area contributed by atoms with Crippen molar-refractivity contribution in [1.29, 1.82) is 0 Å². The summed E-state index contributed by atoms with van der Waals surface area (Å²) in [5.74, 6) is 0.469. The van der Waals surface area contributed by atoms with E-state index in [2.05, 4.69) is 33.5 Å². The fourth-order valence-electron chi connectivity index (χ4n) is 1.11. The first kappa shape index (κ1) is 12.9. The standard InChI is InChI=1S/C10H11BrN2O2S/c1-15-8-3-2-6(4-7(8)11)13-10(14)5-9(12)16/h2-4H,5H2,1H3,(H2,12,16)(H,13,14). The second kappa shape index (κ2) is 5.81. The highest BCUT2D eigenvalue weighted by atomic mass is 79.9. The minimum Gasteiger partial charge on any atom is -0.496 e. The molecular formula is C10H11BrN2O2S. The first-order chi connectivity index (χ1) is 7.52. The molecule has 0 radical (unpaired) electrons. The van der Waals surface area contributed by atoms with E-state index in [0.29, 0.717) is 11.4 Å². The number of carbonyl (C=O) groups is 1. The maximum Gasteiger partial charge on any atom is 0.231 e.